The van der Waals surface area contributed by atoms with Crippen molar-refractivity contribution >= 4 is 17.3 Å². The zero-order chi connectivity index (χ0) is 13.2. The number of nitrogens with two attached hydrogens (primary N) is 1. The van der Waals surface area contributed by atoms with Crippen LogP contribution in [0.1, 0.15) is 13.8 Å². The minimum absolute atomic E-state index is 0.140. The molecule has 6 nitrogen and oxygen atoms in total. The molecule has 0 aliphatic rings. The van der Waals surface area contributed by atoms with Gasteiger partial charge in [0.2, 0.25) is 5.91 Å². The number of nitro groups is 1. The number of nitro benzene ring substituents is 1. The summed E-state index contributed by atoms with van der Waals surface area (Å²) in [4.78, 5) is 21.1. The number of nitrogens with one attached hydrogen (secondary N) is 1. The number of halogens is 1. The summed E-state index contributed by atoms with van der Waals surface area (Å²) < 4.78 is 13.4. The van der Waals surface area contributed by atoms with Crippen LogP contribution in [0.5, 0.6) is 0 Å². The number of nitrogens with zero attached hydrogens (tertiary/aromatic N) is 1. The highest BCUT2D eigenvalue weighted by molar-refractivity contribution is 5.97. The molecule has 0 saturated carbocycles. The van der Waals surface area contributed by atoms with Crippen LogP contribution in [0.3, 0.4) is 0 Å². The average molecular weight is 241 g/mol. The number of non-ortho nitro benzene ring substituents is 1. The Hall–Kier alpha value is -2.02. The molecule has 0 aliphatic carbocycles. The highest BCUT2D eigenvalue weighted by atomic mass is 19.1. The van der Waals surface area contributed by atoms with Gasteiger partial charge in [-0.1, -0.05) is 0 Å². The van der Waals surface area contributed by atoms with E-state index in [9.17, 15) is 19.3 Å². The molecule has 0 saturated heterocycles. The van der Waals surface area contributed by atoms with Crippen LogP contribution in [0.15, 0.2) is 18.2 Å². The van der Waals surface area contributed by atoms with E-state index in [1.807, 2.05) is 0 Å². The van der Waals surface area contributed by atoms with E-state index in [2.05, 4.69) is 5.32 Å². The third-order valence-corrected chi connectivity index (χ3v) is 2.00. The van der Waals surface area contributed by atoms with Crippen molar-refractivity contribution in [1.29, 1.82) is 0 Å². The second kappa shape index (κ2) is 4.46. The van der Waals surface area contributed by atoms with Crippen molar-refractivity contribution < 1.29 is 14.1 Å². The van der Waals surface area contributed by atoms with E-state index < -0.39 is 22.2 Å². The van der Waals surface area contributed by atoms with Crippen molar-refractivity contribution in [3.8, 4) is 0 Å². The van der Waals surface area contributed by atoms with Crippen LogP contribution in [0.25, 0.3) is 0 Å². The zero-order valence-electron chi connectivity index (χ0n) is 9.36. The highest BCUT2D eigenvalue weighted by Crippen LogP contribution is 2.21. The molecule has 0 fully saturated rings. The third-order valence-electron chi connectivity index (χ3n) is 2.00. The van der Waals surface area contributed by atoms with Gasteiger partial charge in [0.15, 0.2) is 5.82 Å². The van der Waals surface area contributed by atoms with Crippen LogP contribution in [0, 0.1) is 15.9 Å². The van der Waals surface area contributed by atoms with Gasteiger partial charge in [-0.05, 0) is 19.9 Å². The van der Waals surface area contributed by atoms with Crippen molar-refractivity contribution in [3.63, 3.8) is 0 Å². The molecular formula is C10H12FN3O3. The topological polar surface area (TPSA) is 98.3 Å². The van der Waals surface area contributed by atoms with E-state index in [0.29, 0.717) is 0 Å². The zero-order valence-corrected chi connectivity index (χ0v) is 9.36. The molecule has 1 aromatic carbocycles. The molecule has 3 N–H and O–H groups in total. The number of anilines is 1. The highest BCUT2D eigenvalue weighted by Gasteiger charge is 2.23. The average Bonchev–Trinajstić information content (AvgIpc) is 2.19. The van der Waals surface area contributed by atoms with Gasteiger partial charge in [0.25, 0.3) is 5.69 Å². The maximum Gasteiger partial charge on any atom is 0.272 e. The molecule has 0 bridgehead atoms. The molecule has 7 heteroatoms. The fourth-order valence-corrected chi connectivity index (χ4v) is 1.00. The predicted octanol–water partition coefficient (Wildman–Crippen LogP) is 1.41. The summed E-state index contributed by atoms with van der Waals surface area (Å²) in [6.07, 6.45) is 0. The van der Waals surface area contributed by atoms with Gasteiger partial charge in [-0.2, -0.15) is 0 Å². The first-order chi connectivity index (χ1) is 7.71. The molecule has 0 radical (unpaired) electrons. The Kier molecular flexibility index (Phi) is 3.42. The normalized spacial score (nSPS) is 11.1. The first-order valence-corrected chi connectivity index (χ1v) is 4.76. The van der Waals surface area contributed by atoms with E-state index in [1.165, 1.54) is 13.8 Å². The first-order valence-electron chi connectivity index (χ1n) is 4.76. The van der Waals surface area contributed by atoms with E-state index in [0.717, 1.165) is 18.2 Å². The van der Waals surface area contributed by atoms with Crippen molar-refractivity contribution in [2.75, 3.05) is 5.32 Å². The van der Waals surface area contributed by atoms with Gasteiger partial charge in [-0.15, -0.1) is 0 Å². The fourth-order valence-electron chi connectivity index (χ4n) is 1.00. The Balaban J connectivity index is 2.95. The van der Waals surface area contributed by atoms with Gasteiger partial charge in [0, 0.05) is 6.07 Å². The number of hydrogen-bond acceptors (Lipinski definition) is 4. The van der Waals surface area contributed by atoms with Gasteiger partial charge >= 0.3 is 0 Å². The van der Waals surface area contributed by atoms with Gasteiger partial charge in [0.05, 0.1) is 22.2 Å². The van der Waals surface area contributed by atoms with E-state index in [1.54, 1.807) is 0 Å². The van der Waals surface area contributed by atoms with Crippen LogP contribution in [0.2, 0.25) is 0 Å². The monoisotopic (exact) mass is 241 g/mol. The SMILES string of the molecule is CC(C)(N)C(=O)Nc1ccc([N+](=O)[O-])cc1F. The van der Waals surface area contributed by atoms with Crippen molar-refractivity contribution in [2.45, 2.75) is 19.4 Å². The molecule has 0 heterocycles. The predicted molar refractivity (Wildman–Crippen MR) is 60.0 cm³/mol. The Morgan fingerprint density at radius 1 is 1.53 bits per heavy atom. The minimum atomic E-state index is -1.16. The molecule has 0 aromatic heterocycles. The Bertz CT molecular complexity index is 468. The summed E-state index contributed by atoms with van der Waals surface area (Å²) >= 11 is 0. The van der Waals surface area contributed by atoms with Crippen LogP contribution >= 0.6 is 0 Å². The summed E-state index contributed by atoms with van der Waals surface area (Å²) in [5.74, 6) is -1.46. The van der Waals surface area contributed by atoms with Gasteiger partial charge in [0.1, 0.15) is 0 Å². The lowest BCUT2D eigenvalue weighted by Gasteiger charge is -2.17. The van der Waals surface area contributed by atoms with Crippen LogP contribution in [-0.4, -0.2) is 16.4 Å². The van der Waals surface area contributed by atoms with Crippen LogP contribution in [0.4, 0.5) is 15.8 Å². The number of carbonyl (C=O) groups is 1. The number of benzene rings is 1. The summed E-state index contributed by atoms with van der Waals surface area (Å²) in [7, 11) is 0. The molecule has 17 heavy (non-hydrogen) atoms. The third kappa shape index (κ3) is 3.22. The molecule has 0 unspecified atom stereocenters. The summed E-state index contributed by atoms with van der Waals surface area (Å²) in [6, 6.07) is 2.96. The maximum atomic E-state index is 13.4. The van der Waals surface area contributed by atoms with Crippen molar-refractivity contribution in [3.05, 3.63) is 34.1 Å². The van der Waals surface area contributed by atoms with Crippen LogP contribution < -0.4 is 11.1 Å². The Labute approximate surface area is 96.8 Å². The fraction of sp³-hybridized carbons (Fsp3) is 0.300. The largest absolute Gasteiger partial charge is 0.322 e. The van der Waals surface area contributed by atoms with Crippen LogP contribution in [-0.2, 0) is 4.79 Å². The Morgan fingerprint density at radius 2 is 2.12 bits per heavy atom. The minimum Gasteiger partial charge on any atom is -0.322 e. The maximum absolute atomic E-state index is 13.4. The van der Waals surface area contributed by atoms with Gasteiger partial charge < -0.3 is 11.1 Å². The molecule has 1 aromatic rings. The molecule has 92 valence electrons. The molecule has 1 amide bonds. The van der Waals surface area contributed by atoms with Gasteiger partial charge in [-0.25, -0.2) is 4.39 Å². The number of rotatable bonds is 3. The van der Waals surface area contributed by atoms with E-state index in [-0.39, 0.29) is 11.4 Å². The summed E-state index contributed by atoms with van der Waals surface area (Å²) in [5, 5.41) is 12.6. The lowest BCUT2D eigenvalue weighted by atomic mass is 10.1. The Morgan fingerprint density at radius 3 is 2.53 bits per heavy atom. The summed E-state index contributed by atoms with van der Waals surface area (Å²) in [6.45, 7) is 2.93. The lowest BCUT2D eigenvalue weighted by Crippen LogP contribution is -2.45. The smallest absolute Gasteiger partial charge is 0.272 e. The first kappa shape index (κ1) is 13.0. The second-order valence-electron chi connectivity index (χ2n) is 4.10. The standard InChI is InChI=1S/C10H12FN3O3/c1-10(2,12)9(15)13-8-4-3-6(14(16)17)5-7(8)11/h3-5H,12H2,1-2H3,(H,13,15). The van der Waals surface area contributed by atoms with Crippen molar-refractivity contribution in [2.24, 2.45) is 5.73 Å². The van der Waals surface area contributed by atoms with E-state index in [4.69, 9.17) is 5.73 Å². The molecule has 0 aliphatic heterocycles. The van der Waals surface area contributed by atoms with Gasteiger partial charge in [-0.3, -0.25) is 14.9 Å². The molecule has 0 spiro atoms. The van der Waals surface area contributed by atoms with Crippen molar-refractivity contribution in [1.82, 2.24) is 0 Å². The number of carbonyl (C=O) groups excluding carboxylic acids is 1. The molecular weight excluding hydrogens is 229 g/mol. The van der Waals surface area contributed by atoms with E-state index >= 15 is 0 Å². The summed E-state index contributed by atoms with van der Waals surface area (Å²) in [5.41, 5.74) is 3.83. The quantitative estimate of drug-likeness (QED) is 0.617. The number of amides is 1. The lowest BCUT2D eigenvalue weighted by molar-refractivity contribution is -0.385. The second-order valence-corrected chi connectivity index (χ2v) is 4.10. The number of hydrogen-bond donors (Lipinski definition) is 2. The molecule has 0 atom stereocenters. The molecule has 1 rings (SSSR count).